The number of rotatable bonds is 4. The number of ether oxygens (including phenoxy) is 1. The first-order valence-electron chi connectivity index (χ1n) is 4.26. The van der Waals surface area contributed by atoms with E-state index in [9.17, 15) is 4.79 Å². The van der Waals surface area contributed by atoms with E-state index in [1.165, 1.54) is 0 Å². The van der Waals surface area contributed by atoms with Crippen molar-refractivity contribution in [3.8, 4) is 0 Å². The molecule has 0 unspecified atom stereocenters. The number of nitrogens with two attached hydrogens (primary N) is 1. The maximum absolute atomic E-state index is 11.0. The Hall–Kier alpha value is -0.570. The molecular weight excluding hydrogens is 154 g/mol. The quantitative estimate of drug-likeness (QED) is 0.649. The molecule has 0 spiro atoms. The summed E-state index contributed by atoms with van der Waals surface area (Å²) in [6, 6.07) is 0. The maximum atomic E-state index is 11.0. The zero-order valence-electron chi connectivity index (χ0n) is 8.39. The van der Waals surface area contributed by atoms with Gasteiger partial charge in [-0.15, -0.1) is 0 Å². The summed E-state index contributed by atoms with van der Waals surface area (Å²) in [7, 11) is 0. The van der Waals surface area contributed by atoms with Crippen molar-refractivity contribution in [1.29, 1.82) is 0 Å². The van der Waals surface area contributed by atoms with Gasteiger partial charge < -0.3 is 10.5 Å². The van der Waals surface area contributed by atoms with Crippen LogP contribution in [-0.4, -0.2) is 19.1 Å². The molecule has 0 aromatic carbocycles. The predicted octanol–water partition coefficient (Wildman–Crippen LogP) is 1.17. The fourth-order valence-electron chi connectivity index (χ4n) is 0.492. The van der Waals surface area contributed by atoms with Crippen LogP contribution in [0.15, 0.2) is 0 Å². The highest BCUT2D eigenvalue weighted by molar-refractivity contribution is 5.71. The van der Waals surface area contributed by atoms with E-state index in [1.807, 2.05) is 27.7 Å². The molecule has 0 rings (SSSR count). The van der Waals surface area contributed by atoms with E-state index < -0.39 is 0 Å². The predicted molar refractivity (Wildman–Crippen MR) is 48.6 cm³/mol. The van der Waals surface area contributed by atoms with Gasteiger partial charge in [0.1, 0.15) is 0 Å². The molecule has 3 heteroatoms. The Morgan fingerprint density at radius 2 is 2.00 bits per heavy atom. The lowest BCUT2D eigenvalue weighted by Crippen LogP contribution is -2.30. The molecule has 0 radical (unpaired) electrons. The standard InChI is InChI=1S/C9H19NO2/c1-7(2)8(11)12-6-9(3,4)5-10/h7H,5-6,10H2,1-4H3. The van der Waals surface area contributed by atoms with Crippen molar-refractivity contribution in [1.82, 2.24) is 0 Å². The summed E-state index contributed by atoms with van der Waals surface area (Å²) in [5.41, 5.74) is 5.37. The Bertz CT molecular complexity index is 153. The molecule has 0 aromatic rings. The highest BCUT2D eigenvalue weighted by Crippen LogP contribution is 2.13. The van der Waals surface area contributed by atoms with Crippen molar-refractivity contribution in [3.05, 3.63) is 0 Å². The minimum Gasteiger partial charge on any atom is -0.465 e. The molecule has 0 aliphatic heterocycles. The lowest BCUT2D eigenvalue weighted by Gasteiger charge is -2.22. The first kappa shape index (κ1) is 11.4. The summed E-state index contributed by atoms with van der Waals surface area (Å²) < 4.78 is 5.04. The molecule has 0 amide bonds. The summed E-state index contributed by atoms with van der Waals surface area (Å²) in [4.78, 5) is 11.0. The number of hydrogen-bond donors (Lipinski definition) is 1. The van der Waals surface area contributed by atoms with Crippen LogP contribution < -0.4 is 5.73 Å². The third kappa shape index (κ3) is 4.34. The third-order valence-electron chi connectivity index (χ3n) is 1.63. The van der Waals surface area contributed by atoms with Crippen LogP contribution in [0.4, 0.5) is 0 Å². The average Bonchev–Trinajstić information content (AvgIpc) is 2.00. The van der Waals surface area contributed by atoms with Crippen molar-refractivity contribution < 1.29 is 9.53 Å². The van der Waals surface area contributed by atoms with Crippen LogP contribution in [0, 0.1) is 11.3 Å². The molecule has 12 heavy (non-hydrogen) atoms. The second kappa shape index (κ2) is 4.45. The average molecular weight is 173 g/mol. The van der Waals surface area contributed by atoms with Crippen LogP contribution in [0.5, 0.6) is 0 Å². The molecule has 0 aliphatic carbocycles. The third-order valence-corrected chi connectivity index (χ3v) is 1.63. The van der Waals surface area contributed by atoms with Crippen LogP contribution in [0.25, 0.3) is 0 Å². The molecule has 0 saturated heterocycles. The van der Waals surface area contributed by atoms with Crippen LogP contribution in [0.3, 0.4) is 0 Å². The van der Waals surface area contributed by atoms with E-state index in [4.69, 9.17) is 10.5 Å². The monoisotopic (exact) mass is 173 g/mol. The van der Waals surface area contributed by atoms with Gasteiger partial charge in [0.15, 0.2) is 0 Å². The molecule has 0 fully saturated rings. The summed E-state index contributed by atoms with van der Waals surface area (Å²) in [5, 5.41) is 0. The largest absolute Gasteiger partial charge is 0.465 e. The Balaban J connectivity index is 3.76. The molecule has 2 N–H and O–H groups in total. The molecule has 0 aliphatic rings. The molecular formula is C9H19NO2. The number of carbonyl (C=O) groups excluding carboxylic acids is 1. The van der Waals surface area contributed by atoms with Crippen molar-refractivity contribution in [2.75, 3.05) is 13.2 Å². The lowest BCUT2D eigenvalue weighted by molar-refractivity contribution is -0.150. The summed E-state index contributed by atoms with van der Waals surface area (Å²) in [6.45, 7) is 8.51. The van der Waals surface area contributed by atoms with Gasteiger partial charge in [-0.1, -0.05) is 27.7 Å². The minimum absolute atomic E-state index is 0.0569. The molecule has 0 atom stereocenters. The fraction of sp³-hybridized carbons (Fsp3) is 0.889. The minimum atomic E-state index is -0.156. The maximum Gasteiger partial charge on any atom is 0.308 e. The van der Waals surface area contributed by atoms with Gasteiger partial charge in [0, 0.05) is 12.0 Å². The second-order valence-electron chi connectivity index (χ2n) is 4.13. The molecule has 0 aromatic heterocycles. The van der Waals surface area contributed by atoms with Crippen LogP contribution in [0.2, 0.25) is 0 Å². The Morgan fingerprint density at radius 1 is 1.50 bits per heavy atom. The molecule has 0 saturated carbocycles. The van der Waals surface area contributed by atoms with Gasteiger partial charge in [0.05, 0.1) is 12.5 Å². The molecule has 0 heterocycles. The van der Waals surface area contributed by atoms with Crippen molar-refractivity contribution in [3.63, 3.8) is 0 Å². The number of carbonyl (C=O) groups is 1. The Morgan fingerprint density at radius 3 is 2.33 bits per heavy atom. The van der Waals surface area contributed by atoms with E-state index in [1.54, 1.807) is 0 Å². The van der Waals surface area contributed by atoms with Gasteiger partial charge in [0.2, 0.25) is 0 Å². The molecule has 3 nitrogen and oxygen atoms in total. The van der Waals surface area contributed by atoms with Gasteiger partial charge in [-0.3, -0.25) is 4.79 Å². The number of hydrogen-bond acceptors (Lipinski definition) is 3. The van der Waals surface area contributed by atoms with Crippen molar-refractivity contribution in [2.45, 2.75) is 27.7 Å². The normalized spacial score (nSPS) is 11.8. The zero-order valence-corrected chi connectivity index (χ0v) is 8.39. The first-order valence-corrected chi connectivity index (χ1v) is 4.26. The topological polar surface area (TPSA) is 52.3 Å². The van der Waals surface area contributed by atoms with Gasteiger partial charge in [-0.2, -0.15) is 0 Å². The van der Waals surface area contributed by atoms with E-state index in [2.05, 4.69) is 0 Å². The second-order valence-corrected chi connectivity index (χ2v) is 4.13. The zero-order chi connectivity index (χ0) is 9.78. The van der Waals surface area contributed by atoms with Crippen molar-refractivity contribution in [2.24, 2.45) is 17.1 Å². The summed E-state index contributed by atoms with van der Waals surface area (Å²) in [5.74, 6) is -0.213. The highest BCUT2D eigenvalue weighted by Gasteiger charge is 2.19. The van der Waals surface area contributed by atoms with Gasteiger partial charge >= 0.3 is 5.97 Å². The SMILES string of the molecule is CC(C)C(=O)OCC(C)(C)CN. The van der Waals surface area contributed by atoms with Crippen LogP contribution in [-0.2, 0) is 9.53 Å². The van der Waals surface area contributed by atoms with E-state index in [0.717, 1.165) is 0 Å². The van der Waals surface area contributed by atoms with Gasteiger partial charge in [0.25, 0.3) is 0 Å². The highest BCUT2D eigenvalue weighted by atomic mass is 16.5. The van der Waals surface area contributed by atoms with E-state index in [0.29, 0.717) is 13.2 Å². The lowest BCUT2D eigenvalue weighted by atomic mass is 9.95. The fourth-order valence-corrected chi connectivity index (χ4v) is 0.492. The molecule has 72 valence electrons. The van der Waals surface area contributed by atoms with Gasteiger partial charge in [-0.05, 0) is 0 Å². The van der Waals surface area contributed by atoms with Crippen molar-refractivity contribution >= 4 is 5.97 Å². The molecule has 0 bridgehead atoms. The smallest absolute Gasteiger partial charge is 0.308 e. The summed E-state index contributed by atoms with van der Waals surface area (Å²) >= 11 is 0. The van der Waals surface area contributed by atoms with Crippen LogP contribution in [0.1, 0.15) is 27.7 Å². The Labute approximate surface area is 74.3 Å². The van der Waals surface area contributed by atoms with Gasteiger partial charge in [-0.25, -0.2) is 0 Å². The number of esters is 1. The summed E-state index contributed by atoms with van der Waals surface area (Å²) in [6.07, 6.45) is 0. The Kier molecular flexibility index (Phi) is 4.24. The van der Waals surface area contributed by atoms with E-state index >= 15 is 0 Å². The first-order chi connectivity index (χ1) is 5.39. The van der Waals surface area contributed by atoms with E-state index in [-0.39, 0.29) is 17.3 Å². The van der Waals surface area contributed by atoms with Crippen LogP contribution >= 0.6 is 0 Å².